The fraction of sp³-hybridized carbons (Fsp3) is 0.647. The van der Waals surface area contributed by atoms with Gasteiger partial charge in [-0.1, -0.05) is 0 Å². The highest BCUT2D eigenvalue weighted by molar-refractivity contribution is 5.71. The normalized spacial score (nSPS) is 25.8. The predicted molar refractivity (Wildman–Crippen MR) is 85.8 cm³/mol. The van der Waals surface area contributed by atoms with Crippen molar-refractivity contribution in [3.63, 3.8) is 0 Å². The molecule has 118 valence electrons. The average molecular weight is 300 g/mol. The van der Waals surface area contributed by atoms with E-state index in [0.717, 1.165) is 56.9 Å². The molecule has 2 aromatic heterocycles. The molecule has 4 rings (SSSR count). The second-order valence-corrected chi connectivity index (χ2v) is 6.63. The van der Waals surface area contributed by atoms with Gasteiger partial charge < -0.3 is 14.6 Å². The Balaban J connectivity index is 1.63. The first kappa shape index (κ1) is 14.2. The summed E-state index contributed by atoms with van der Waals surface area (Å²) in [6.07, 6.45) is 6.61. The van der Waals surface area contributed by atoms with Gasteiger partial charge in [-0.3, -0.25) is 0 Å². The topological polar surface area (TPSA) is 52.0 Å². The van der Waals surface area contributed by atoms with Gasteiger partial charge >= 0.3 is 0 Å². The summed E-state index contributed by atoms with van der Waals surface area (Å²) in [5.41, 5.74) is 2.07. The zero-order valence-corrected chi connectivity index (χ0v) is 13.0. The Labute approximate surface area is 131 Å². The number of rotatable bonds is 4. The van der Waals surface area contributed by atoms with E-state index in [0.29, 0.717) is 11.8 Å². The quantitative estimate of drug-likeness (QED) is 0.938. The van der Waals surface area contributed by atoms with Crippen LogP contribution in [0.3, 0.4) is 0 Å². The van der Waals surface area contributed by atoms with Gasteiger partial charge in [0.05, 0.1) is 0 Å². The van der Waals surface area contributed by atoms with Crippen molar-refractivity contribution in [1.29, 1.82) is 0 Å². The van der Waals surface area contributed by atoms with Crippen LogP contribution in [0.25, 0.3) is 11.2 Å². The minimum absolute atomic E-state index is 0.611. The average Bonchev–Trinajstić information content (AvgIpc) is 3.18. The molecule has 0 saturated carbocycles. The highest BCUT2D eigenvalue weighted by atomic mass is 16.5. The lowest BCUT2D eigenvalue weighted by atomic mass is 9.99. The summed E-state index contributed by atoms with van der Waals surface area (Å²) in [5.74, 6) is 2.49. The maximum Gasteiger partial charge on any atom is 0.159 e. The highest BCUT2D eigenvalue weighted by Gasteiger charge is 2.22. The Hall–Kier alpha value is -1.46. The van der Waals surface area contributed by atoms with E-state index in [2.05, 4.69) is 20.9 Å². The minimum atomic E-state index is 0.611. The molecule has 2 unspecified atom stereocenters. The van der Waals surface area contributed by atoms with Crippen LogP contribution in [0.15, 0.2) is 18.3 Å². The van der Waals surface area contributed by atoms with Gasteiger partial charge in [-0.2, -0.15) is 0 Å². The second-order valence-electron chi connectivity index (χ2n) is 6.63. The molecule has 5 nitrogen and oxygen atoms in total. The van der Waals surface area contributed by atoms with Crippen molar-refractivity contribution < 1.29 is 4.74 Å². The fourth-order valence-corrected chi connectivity index (χ4v) is 3.69. The third-order valence-electron chi connectivity index (χ3n) is 4.92. The fourth-order valence-electron chi connectivity index (χ4n) is 3.69. The molecule has 2 aromatic rings. The van der Waals surface area contributed by atoms with Crippen LogP contribution in [0, 0.1) is 11.8 Å². The van der Waals surface area contributed by atoms with E-state index in [1.807, 2.05) is 12.3 Å². The van der Waals surface area contributed by atoms with E-state index in [9.17, 15) is 0 Å². The van der Waals surface area contributed by atoms with Crippen molar-refractivity contribution in [2.24, 2.45) is 11.8 Å². The third kappa shape index (κ3) is 2.88. The van der Waals surface area contributed by atoms with E-state index in [1.54, 1.807) is 0 Å². The number of hydrogen-bond acceptors (Lipinski definition) is 4. The predicted octanol–water partition coefficient (Wildman–Crippen LogP) is 2.01. The zero-order chi connectivity index (χ0) is 14.8. The van der Waals surface area contributed by atoms with Gasteiger partial charge in [0.15, 0.2) is 5.65 Å². The molecular weight excluding hydrogens is 276 g/mol. The van der Waals surface area contributed by atoms with Gasteiger partial charge in [0.1, 0.15) is 11.3 Å². The Bertz CT molecular complexity index is 627. The highest BCUT2D eigenvalue weighted by Crippen LogP contribution is 2.23. The first-order valence-corrected chi connectivity index (χ1v) is 8.49. The SMILES string of the molecule is c1cnc2c(c1)nc(CC1CCOC1)n2CC1CCCNC1. The standard InChI is InChI=1S/C17H24N4O/c1-3-14(10-18-6-1)11-21-16(9-13-5-8-22-12-13)20-15-4-2-7-19-17(15)21/h2,4,7,13-14,18H,1,3,5-6,8-12H2. The number of pyridine rings is 1. The Morgan fingerprint density at radius 1 is 1.32 bits per heavy atom. The van der Waals surface area contributed by atoms with E-state index in [4.69, 9.17) is 9.72 Å². The number of hydrogen-bond donors (Lipinski definition) is 1. The van der Waals surface area contributed by atoms with Gasteiger partial charge in [-0.25, -0.2) is 9.97 Å². The molecule has 0 bridgehead atoms. The van der Waals surface area contributed by atoms with Crippen LogP contribution in [-0.2, 0) is 17.7 Å². The summed E-state index contributed by atoms with van der Waals surface area (Å²) >= 11 is 0. The molecule has 2 aliphatic rings. The molecule has 2 saturated heterocycles. The van der Waals surface area contributed by atoms with Gasteiger partial charge in [0.2, 0.25) is 0 Å². The van der Waals surface area contributed by atoms with Crippen LogP contribution < -0.4 is 5.32 Å². The summed E-state index contributed by atoms with van der Waals surface area (Å²) in [6.45, 7) is 5.07. The Morgan fingerprint density at radius 3 is 3.14 bits per heavy atom. The maximum atomic E-state index is 5.53. The summed E-state index contributed by atoms with van der Waals surface area (Å²) in [7, 11) is 0. The molecule has 0 amide bonds. The molecule has 0 aliphatic carbocycles. The number of aromatic nitrogens is 3. The van der Waals surface area contributed by atoms with Crippen LogP contribution in [0.5, 0.6) is 0 Å². The number of nitrogens with zero attached hydrogens (tertiary/aromatic N) is 3. The number of fused-ring (bicyclic) bond motifs is 1. The Morgan fingerprint density at radius 2 is 2.32 bits per heavy atom. The van der Waals surface area contributed by atoms with Crippen molar-refractivity contribution in [3.8, 4) is 0 Å². The molecule has 0 radical (unpaired) electrons. The lowest BCUT2D eigenvalue weighted by molar-refractivity contribution is 0.185. The van der Waals surface area contributed by atoms with Gasteiger partial charge in [-0.05, 0) is 56.3 Å². The third-order valence-corrected chi connectivity index (χ3v) is 4.92. The monoisotopic (exact) mass is 300 g/mol. The summed E-state index contributed by atoms with van der Waals surface area (Å²) in [6, 6.07) is 4.05. The van der Waals surface area contributed by atoms with Gasteiger partial charge in [-0.15, -0.1) is 0 Å². The van der Waals surface area contributed by atoms with Crippen LogP contribution in [0.2, 0.25) is 0 Å². The number of ether oxygens (including phenoxy) is 1. The van der Waals surface area contributed by atoms with Crippen molar-refractivity contribution in [1.82, 2.24) is 19.9 Å². The van der Waals surface area contributed by atoms with E-state index >= 15 is 0 Å². The number of nitrogens with one attached hydrogen (secondary N) is 1. The lowest BCUT2D eigenvalue weighted by Crippen LogP contribution is -2.32. The van der Waals surface area contributed by atoms with Gasteiger partial charge in [0, 0.05) is 32.4 Å². The molecule has 2 fully saturated rings. The summed E-state index contributed by atoms with van der Waals surface area (Å²) < 4.78 is 7.90. The molecule has 0 spiro atoms. The smallest absolute Gasteiger partial charge is 0.159 e. The lowest BCUT2D eigenvalue weighted by Gasteiger charge is -2.24. The molecule has 1 N–H and O–H groups in total. The number of imidazole rings is 1. The van der Waals surface area contributed by atoms with E-state index < -0.39 is 0 Å². The Kier molecular flexibility index (Phi) is 4.08. The first-order valence-electron chi connectivity index (χ1n) is 8.49. The summed E-state index contributed by atoms with van der Waals surface area (Å²) in [4.78, 5) is 9.46. The van der Waals surface area contributed by atoms with E-state index in [-0.39, 0.29) is 0 Å². The van der Waals surface area contributed by atoms with Crippen molar-refractivity contribution >= 4 is 11.2 Å². The van der Waals surface area contributed by atoms with Crippen molar-refractivity contribution in [2.75, 3.05) is 26.3 Å². The van der Waals surface area contributed by atoms with Crippen LogP contribution in [0.4, 0.5) is 0 Å². The molecule has 5 heteroatoms. The van der Waals surface area contributed by atoms with Crippen LogP contribution in [0.1, 0.15) is 25.1 Å². The molecule has 4 heterocycles. The largest absolute Gasteiger partial charge is 0.381 e. The molecule has 2 atom stereocenters. The minimum Gasteiger partial charge on any atom is -0.381 e. The van der Waals surface area contributed by atoms with E-state index in [1.165, 1.54) is 18.7 Å². The second kappa shape index (κ2) is 6.34. The maximum absolute atomic E-state index is 5.53. The number of piperidine rings is 1. The molecule has 22 heavy (non-hydrogen) atoms. The van der Waals surface area contributed by atoms with Gasteiger partial charge in [0.25, 0.3) is 0 Å². The molecule has 2 aliphatic heterocycles. The zero-order valence-electron chi connectivity index (χ0n) is 13.0. The summed E-state index contributed by atoms with van der Waals surface area (Å²) in [5, 5.41) is 3.51. The van der Waals surface area contributed by atoms with Crippen LogP contribution in [-0.4, -0.2) is 40.8 Å². The van der Waals surface area contributed by atoms with Crippen molar-refractivity contribution in [2.45, 2.75) is 32.2 Å². The van der Waals surface area contributed by atoms with Crippen molar-refractivity contribution in [3.05, 3.63) is 24.2 Å². The first-order chi connectivity index (χ1) is 10.9. The molecular formula is C17H24N4O. The van der Waals surface area contributed by atoms with Crippen LogP contribution >= 0.6 is 0 Å². The molecule has 0 aromatic carbocycles.